The summed E-state index contributed by atoms with van der Waals surface area (Å²) >= 11 is 4.63. The second-order valence-corrected chi connectivity index (χ2v) is 6.65. The molecule has 0 amide bonds. The van der Waals surface area contributed by atoms with Gasteiger partial charge in [-0.2, -0.15) is 12.6 Å². The second kappa shape index (κ2) is 7.16. The van der Waals surface area contributed by atoms with Crippen LogP contribution in [0.5, 0.6) is 0 Å². The average molecular weight is 271 g/mol. The van der Waals surface area contributed by atoms with E-state index in [1.165, 1.54) is 57.9 Å². The van der Waals surface area contributed by atoms with Crippen molar-refractivity contribution in [2.24, 2.45) is 5.41 Å². The number of ether oxygens (including phenoxy) is 1. The van der Waals surface area contributed by atoms with E-state index in [-0.39, 0.29) is 0 Å². The summed E-state index contributed by atoms with van der Waals surface area (Å²) in [6.45, 7) is 3.07. The zero-order valence-corrected chi connectivity index (χ0v) is 12.8. The molecule has 2 nitrogen and oxygen atoms in total. The van der Waals surface area contributed by atoms with Crippen molar-refractivity contribution in [3.05, 3.63) is 0 Å². The molecule has 2 fully saturated rings. The third-order valence-corrected chi connectivity index (χ3v) is 5.59. The monoisotopic (exact) mass is 271 g/mol. The summed E-state index contributed by atoms with van der Waals surface area (Å²) in [5.74, 6) is 1.01. The highest BCUT2D eigenvalue weighted by Gasteiger charge is 2.34. The molecule has 0 aromatic rings. The number of thiol groups is 1. The normalized spacial score (nSPS) is 26.2. The number of nitrogens with zero attached hydrogens (tertiary/aromatic N) is 1. The van der Waals surface area contributed by atoms with Gasteiger partial charge in [-0.25, -0.2) is 0 Å². The van der Waals surface area contributed by atoms with Crippen molar-refractivity contribution in [1.82, 2.24) is 4.90 Å². The topological polar surface area (TPSA) is 12.5 Å². The molecule has 0 unspecified atom stereocenters. The molecular formula is C15H29NOS. The summed E-state index contributed by atoms with van der Waals surface area (Å²) in [7, 11) is 2.33. The van der Waals surface area contributed by atoms with Gasteiger partial charge in [-0.3, -0.25) is 0 Å². The first kappa shape index (κ1) is 14.7. The van der Waals surface area contributed by atoms with E-state index in [1.807, 2.05) is 0 Å². The Morgan fingerprint density at radius 1 is 1.11 bits per heavy atom. The lowest BCUT2D eigenvalue weighted by Gasteiger charge is -2.41. The van der Waals surface area contributed by atoms with Crippen molar-refractivity contribution >= 4 is 12.6 Å². The fourth-order valence-corrected chi connectivity index (χ4v) is 3.94. The number of rotatable bonds is 4. The first-order chi connectivity index (χ1) is 8.76. The summed E-state index contributed by atoms with van der Waals surface area (Å²) < 4.78 is 5.52. The molecule has 0 atom stereocenters. The molecule has 18 heavy (non-hydrogen) atoms. The zero-order chi connectivity index (χ0) is 12.8. The molecule has 0 bridgehead atoms. The lowest BCUT2D eigenvalue weighted by molar-refractivity contribution is 0.00428. The van der Waals surface area contributed by atoms with Gasteiger partial charge in [-0.15, -0.1) is 0 Å². The minimum absolute atomic E-state index is 0.405. The first-order valence-electron chi connectivity index (χ1n) is 7.65. The summed E-state index contributed by atoms with van der Waals surface area (Å²) in [4.78, 5) is 2.63. The van der Waals surface area contributed by atoms with E-state index in [0.29, 0.717) is 5.41 Å². The smallest absolute Gasteiger partial charge is 0.0472 e. The maximum Gasteiger partial charge on any atom is 0.0472 e. The third kappa shape index (κ3) is 3.88. The quantitative estimate of drug-likeness (QED) is 0.622. The van der Waals surface area contributed by atoms with Gasteiger partial charge in [0.25, 0.3) is 0 Å². The van der Waals surface area contributed by atoms with Crippen molar-refractivity contribution in [2.45, 2.75) is 57.4 Å². The van der Waals surface area contributed by atoms with Gasteiger partial charge in [0.1, 0.15) is 0 Å². The molecule has 2 aliphatic rings. The maximum absolute atomic E-state index is 5.52. The SMILES string of the molecule is CN(CC1(CS)CCOCC1)C1CCCCCC1. The first-order valence-corrected chi connectivity index (χ1v) is 8.28. The van der Waals surface area contributed by atoms with Crippen molar-refractivity contribution in [1.29, 1.82) is 0 Å². The Balaban J connectivity index is 1.89. The molecular weight excluding hydrogens is 242 g/mol. The molecule has 0 aromatic heterocycles. The van der Waals surface area contributed by atoms with Gasteiger partial charge in [0, 0.05) is 25.8 Å². The van der Waals surface area contributed by atoms with Gasteiger partial charge in [0.05, 0.1) is 0 Å². The largest absolute Gasteiger partial charge is 0.381 e. The minimum Gasteiger partial charge on any atom is -0.381 e. The van der Waals surface area contributed by atoms with Crippen LogP contribution in [-0.2, 0) is 4.74 Å². The van der Waals surface area contributed by atoms with Crippen LogP contribution in [0.4, 0.5) is 0 Å². The van der Waals surface area contributed by atoms with E-state index < -0.39 is 0 Å². The fourth-order valence-electron chi connectivity index (χ4n) is 3.53. The molecule has 2 rings (SSSR count). The van der Waals surface area contributed by atoms with Crippen LogP contribution < -0.4 is 0 Å². The highest BCUT2D eigenvalue weighted by Crippen LogP contribution is 2.34. The lowest BCUT2D eigenvalue weighted by atomic mass is 9.81. The molecule has 0 aromatic carbocycles. The van der Waals surface area contributed by atoms with Gasteiger partial charge in [-0.1, -0.05) is 25.7 Å². The van der Waals surface area contributed by atoms with E-state index in [1.54, 1.807) is 0 Å². The number of hydrogen-bond donors (Lipinski definition) is 1. The van der Waals surface area contributed by atoms with Crippen molar-refractivity contribution in [3.63, 3.8) is 0 Å². The Labute approximate surface area is 118 Å². The van der Waals surface area contributed by atoms with Crippen LogP contribution in [0.25, 0.3) is 0 Å². The molecule has 1 heterocycles. The van der Waals surface area contributed by atoms with Crippen LogP contribution in [0.2, 0.25) is 0 Å². The van der Waals surface area contributed by atoms with E-state index in [4.69, 9.17) is 4.74 Å². The van der Waals surface area contributed by atoms with Crippen LogP contribution in [0, 0.1) is 5.41 Å². The molecule has 3 heteroatoms. The van der Waals surface area contributed by atoms with Crippen LogP contribution in [0.3, 0.4) is 0 Å². The van der Waals surface area contributed by atoms with Crippen molar-refractivity contribution in [3.8, 4) is 0 Å². The Kier molecular flexibility index (Phi) is 5.84. The number of hydrogen-bond acceptors (Lipinski definition) is 3. The average Bonchev–Trinajstić information content (AvgIpc) is 2.68. The molecule has 1 saturated carbocycles. The zero-order valence-electron chi connectivity index (χ0n) is 11.9. The summed E-state index contributed by atoms with van der Waals surface area (Å²) in [5, 5.41) is 0. The van der Waals surface area contributed by atoms with Crippen molar-refractivity contribution in [2.75, 3.05) is 32.6 Å². The van der Waals surface area contributed by atoms with Crippen LogP contribution in [0.15, 0.2) is 0 Å². The molecule has 1 saturated heterocycles. The Morgan fingerprint density at radius 2 is 1.72 bits per heavy atom. The van der Waals surface area contributed by atoms with E-state index in [9.17, 15) is 0 Å². The van der Waals surface area contributed by atoms with Crippen LogP contribution in [0.1, 0.15) is 51.4 Å². The van der Waals surface area contributed by atoms with E-state index >= 15 is 0 Å². The van der Waals surface area contributed by atoms with Gasteiger partial charge in [0.2, 0.25) is 0 Å². The maximum atomic E-state index is 5.52. The fraction of sp³-hybridized carbons (Fsp3) is 1.00. The Bertz CT molecular complexity index is 233. The highest BCUT2D eigenvalue weighted by atomic mass is 32.1. The molecule has 0 spiro atoms. The molecule has 0 N–H and O–H groups in total. The van der Waals surface area contributed by atoms with Crippen LogP contribution in [-0.4, -0.2) is 43.5 Å². The lowest BCUT2D eigenvalue weighted by Crippen LogP contribution is -2.45. The van der Waals surface area contributed by atoms with Gasteiger partial charge < -0.3 is 9.64 Å². The minimum atomic E-state index is 0.405. The van der Waals surface area contributed by atoms with Gasteiger partial charge >= 0.3 is 0 Å². The van der Waals surface area contributed by atoms with E-state index in [2.05, 4.69) is 24.6 Å². The van der Waals surface area contributed by atoms with Crippen LogP contribution >= 0.6 is 12.6 Å². The summed E-state index contributed by atoms with van der Waals surface area (Å²) in [6, 6.07) is 0.812. The molecule has 106 valence electrons. The summed E-state index contributed by atoms with van der Waals surface area (Å²) in [5.41, 5.74) is 0.405. The van der Waals surface area contributed by atoms with Gasteiger partial charge in [0.15, 0.2) is 0 Å². The predicted octanol–water partition coefficient (Wildman–Crippen LogP) is 3.37. The Morgan fingerprint density at radius 3 is 2.28 bits per heavy atom. The molecule has 1 aliphatic carbocycles. The highest BCUT2D eigenvalue weighted by molar-refractivity contribution is 7.80. The van der Waals surface area contributed by atoms with E-state index in [0.717, 1.165) is 25.0 Å². The third-order valence-electron chi connectivity index (χ3n) is 4.92. The molecule has 1 aliphatic heterocycles. The Hall–Kier alpha value is 0.270. The van der Waals surface area contributed by atoms with Gasteiger partial charge in [-0.05, 0) is 43.9 Å². The standard InChI is InChI=1S/C15H29NOS/c1-16(14-6-4-2-3-5-7-14)12-15(13-18)8-10-17-11-9-15/h14,18H,2-13H2,1H3. The van der Waals surface area contributed by atoms with Crippen molar-refractivity contribution < 1.29 is 4.74 Å². The molecule has 0 radical (unpaired) electrons. The second-order valence-electron chi connectivity index (χ2n) is 6.33. The summed E-state index contributed by atoms with van der Waals surface area (Å²) in [6.07, 6.45) is 10.9. The predicted molar refractivity (Wildman–Crippen MR) is 80.5 cm³/mol.